The fourth-order valence-corrected chi connectivity index (χ4v) is 4.00. The SMILES string of the molecule is CCOC(=O)O[C@@H]1C[C@@H](CCOc2ccccc2CCc2cccc(OC)c2)N(C)C1. The molecule has 1 heterocycles. The number of rotatable bonds is 10. The van der Waals surface area contributed by atoms with E-state index in [1.54, 1.807) is 14.0 Å². The number of methoxy groups -OCH3 is 1. The number of carbonyl (C=O) groups is 1. The molecule has 1 fully saturated rings. The van der Waals surface area contributed by atoms with Crippen LogP contribution in [0.2, 0.25) is 0 Å². The number of nitrogens with zero attached hydrogens (tertiary/aromatic N) is 1. The zero-order valence-electron chi connectivity index (χ0n) is 18.7. The number of carbonyl (C=O) groups excluding carboxylic acids is 1. The first-order chi connectivity index (χ1) is 15.1. The van der Waals surface area contributed by atoms with Gasteiger partial charge >= 0.3 is 6.16 Å². The highest BCUT2D eigenvalue weighted by atomic mass is 16.7. The largest absolute Gasteiger partial charge is 0.508 e. The van der Waals surface area contributed by atoms with Crippen LogP contribution < -0.4 is 9.47 Å². The molecule has 0 amide bonds. The van der Waals surface area contributed by atoms with Crippen molar-refractivity contribution in [1.82, 2.24) is 4.90 Å². The molecule has 31 heavy (non-hydrogen) atoms. The Kier molecular flexibility index (Phi) is 8.59. The van der Waals surface area contributed by atoms with Crippen LogP contribution in [-0.4, -0.2) is 57.1 Å². The van der Waals surface area contributed by atoms with Gasteiger partial charge in [-0.3, -0.25) is 4.90 Å². The van der Waals surface area contributed by atoms with Gasteiger partial charge in [-0.15, -0.1) is 0 Å². The van der Waals surface area contributed by atoms with Crippen LogP contribution in [0.4, 0.5) is 4.79 Å². The predicted molar refractivity (Wildman–Crippen MR) is 120 cm³/mol. The van der Waals surface area contributed by atoms with Crippen molar-refractivity contribution in [2.24, 2.45) is 0 Å². The first-order valence-electron chi connectivity index (χ1n) is 11.0. The summed E-state index contributed by atoms with van der Waals surface area (Å²) >= 11 is 0. The minimum Gasteiger partial charge on any atom is -0.497 e. The highest BCUT2D eigenvalue weighted by Gasteiger charge is 2.32. The number of benzene rings is 2. The summed E-state index contributed by atoms with van der Waals surface area (Å²) in [7, 11) is 3.75. The Morgan fingerprint density at radius 1 is 1.13 bits per heavy atom. The quantitative estimate of drug-likeness (QED) is 0.521. The molecule has 0 bridgehead atoms. The molecule has 6 heteroatoms. The summed E-state index contributed by atoms with van der Waals surface area (Å²) in [5.74, 6) is 1.82. The van der Waals surface area contributed by atoms with Crippen LogP contribution in [-0.2, 0) is 22.3 Å². The van der Waals surface area contributed by atoms with E-state index in [1.165, 1.54) is 11.1 Å². The molecular formula is C25H33NO5. The van der Waals surface area contributed by atoms with Crippen molar-refractivity contribution in [1.29, 1.82) is 0 Å². The molecule has 1 saturated heterocycles. The van der Waals surface area contributed by atoms with E-state index in [1.807, 2.05) is 24.3 Å². The van der Waals surface area contributed by atoms with Crippen LogP contribution in [0.3, 0.4) is 0 Å². The normalized spacial score (nSPS) is 18.5. The minimum atomic E-state index is -0.581. The smallest absolute Gasteiger partial charge is 0.497 e. The number of aryl methyl sites for hydroxylation is 2. The van der Waals surface area contributed by atoms with Crippen molar-refractivity contribution < 1.29 is 23.7 Å². The van der Waals surface area contributed by atoms with Gasteiger partial charge in [0.05, 0.1) is 20.3 Å². The van der Waals surface area contributed by atoms with Gasteiger partial charge in [-0.05, 0) is 62.6 Å². The maximum absolute atomic E-state index is 11.6. The molecule has 1 aliphatic heterocycles. The number of likely N-dealkylation sites (N-methyl/N-ethyl adjacent to an activating group) is 1. The number of ether oxygens (including phenoxy) is 4. The Balaban J connectivity index is 1.48. The van der Waals surface area contributed by atoms with Crippen molar-refractivity contribution in [2.45, 2.75) is 44.8 Å². The van der Waals surface area contributed by atoms with Gasteiger partial charge < -0.3 is 18.9 Å². The molecule has 0 N–H and O–H groups in total. The standard InChI is InChI=1S/C25H33NO5/c1-4-29-25(27)31-23-17-21(26(2)18-23)14-15-30-24-11-6-5-9-20(24)13-12-19-8-7-10-22(16-19)28-3/h5-11,16,21,23H,4,12-15,17-18H2,1-3H3/t21-,23-/m1/s1. The third kappa shape index (κ3) is 6.89. The molecule has 0 radical (unpaired) electrons. The van der Waals surface area contributed by atoms with Crippen molar-refractivity contribution >= 4 is 6.16 Å². The Bertz CT molecular complexity index is 840. The van der Waals surface area contributed by atoms with Gasteiger partial charge in [0.25, 0.3) is 0 Å². The van der Waals surface area contributed by atoms with Crippen molar-refractivity contribution in [2.75, 3.05) is 33.9 Å². The van der Waals surface area contributed by atoms with E-state index in [0.717, 1.165) is 43.7 Å². The molecule has 0 spiro atoms. The third-order valence-electron chi connectivity index (χ3n) is 5.67. The Morgan fingerprint density at radius 2 is 1.97 bits per heavy atom. The Labute approximate surface area is 185 Å². The maximum Gasteiger partial charge on any atom is 0.508 e. The summed E-state index contributed by atoms with van der Waals surface area (Å²) in [6.45, 7) is 3.45. The van der Waals surface area contributed by atoms with Crippen LogP contribution in [0, 0.1) is 0 Å². The van der Waals surface area contributed by atoms with E-state index in [9.17, 15) is 4.79 Å². The molecular weight excluding hydrogens is 394 g/mol. The van der Waals surface area contributed by atoms with Crippen molar-refractivity contribution in [3.05, 3.63) is 59.7 Å². The summed E-state index contributed by atoms with van der Waals surface area (Å²) < 4.78 is 21.7. The van der Waals surface area contributed by atoms with Gasteiger partial charge in [-0.1, -0.05) is 30.3 Å². The van der Waals surface area contributed by atoms with Gasteiger partial charge in [0.2, 0.25) is 0 Å². The first kappa shape index (κ1) is 22.9. The predicted octanol–water partition coefficient (Wildman–Crippen LogP) is 4.50. The second-order valence-corrected chi connectivity index (χ2v) is 7.85. The summed E-state index contributed by atoms with van der Waals surface area (Å²) in [6, 6.07) is 16.7. The van der Waals surface area contributed by atoms with Gasteiger partial charge in [0.15, 0.2) is 0 Å². The van der Waals surface area contributed by atoms with Gasteiger partial charge in [-0.2, -0.15) is 0 Å². The zero-order chi connectivity index (χ0) is 22.1. The van der Waals surface area contributed by atoms with E-state index in [2.05, 4.69) is 36.2 Å². The molecule has 2 atom stereocenters. The van der Waals surface area contributed by atoms with Crippen LogP contribution in [0.1, 0.15) is 30.9 Å². The van der Waals surface area contributed by atoms with Crippen molar-refractivity contribution in [3.8, 4) is 11.5 Å². The summed E-state index contributed by atoms with van der Waals surface area (Å²) in [6.07, 6.45) is 2.81. The average molecular weight is 428 g/mol. The highest BCUT2D eigenvalue weighted by Crippen LogP contribution is 2.24. The second-order valence-electron chi connectivity index (χ2n) is 7.85. The van der Waals surface area contributed by atoms with E-state index in [4.69, 9.17) is 18.9 Å². The molecule has 6 nitrogen and oxygen atoms in total. The van der Waals surface area contributed by atoms with Gasteiger partial charge in [0, 0.05) is 19.0 Å². The molecule has 168 valence electrons. The molecule has 1 aliphatic rings. The molecule has 2 aromatic rings. The summed E-state index contributed by atoms with van der Waals surface area (Å²) in [5.41, 5.74) is 2.45. The maximum atomic E-state index is 11.6. The molecule has 0 saturated carbocycles. The molecule has 0 unspecified atom stereocenters. The van der Waals surface area contributed by atoms with E-state index in [0.29, 0.717) is 19.3 Å². The van der Waals surface area contributed by atoms with E-state index >= 15 is 0 Å². The minimum absolute atomic E-state index is 0.121. The number of para-hydroxylation sites is 1. The molecule has 0 aliphatic carbocycles. The Morgan fingerprint density at radius 3 is 2.77 bits per heavy atom. The fourth-order valence-electron chi connectivity index (χ4n) is 4.00. The van der Waals surface area contributed by atoms with Crippen LogP contribution in [0.15, 0.2) is 48.5 Å². The van der Waals surface area contributed by atoms with E-state index < -0.39 is 6.16 Å². The van der Waals surface area contributed by atoms with E-state index in [-0.39, 0.29) is 6.10 Å². The molecule has 2 aromatic carbocycles. The van der Waals surface area contributed by atoms with Gasteiger partial charge in [-0.25, -0.2) is 4.79 Å². The Hall–Kier alpha value is -2.73. The third-order valence-corrected chi connectivity index (χ3v) is 5.67. The molecule has 0 aromatic heterocycles. The number of likely N-dealkylation sites (tertiary alicyclic amines) is 1. The highest BCUT2D eigenvalue weighted by molar-refractivity contribution is 5.60. The lowest BCUT2D eigenvalue weighted by Crippen LogP contribution is -2.27. The topological polar surface area (TPSA) is 57.2 Å². The molecule has 3 rings (SSSR count). The lowest BCUT2D eigenvalue weighted by Gasteiger charge is -2.19. The zero-order valence-corrected chi connectivity index (χ0v) is 18.7. The fraction of sp³-hybridized carbons (Fsp3) is 0.480. The average Bonchev–Trinajstić information content (AvgIpc) is 3.12. The number of hydrogen-bond donors (Lipinski definition) is 0. The second kappa shape index (κ2) is 11.6. The van der Waals surface area contributed by atoms with Crippen LogP contribution >= 0.6 is 0 Å². The summed E-state index contributed by atoms with van der Waals surface area (Å²) in [5, 5.41) is 0. The van der Waals surface area contributed by atoms with Crippen LogP contribution in [0.5, 0.6) is 11.5 Å². The van der Waals surface area contributed by atoms with Crippen LogP contribution in [0.25, 0.3) is 0 Å². The van der Waals surface area contributed by atoms with Crippen molar-refractivity contribution in [3.63, 3.8) is 0 Å². The first-order valence-corrected chi connectivity index (χ1v) is 11.0. The van der Waals surface area contributed by atoms with Gasteiger partial charge in [0.1, 0.15) is 17.6 Å². The summed E-state index contributed by atoms with van der Waals surface area (Å²) in [4.78, 5) is 13.8. The monoisotopic (exact) mass is 427 g/mol. The lowest BCUT2D eigenvalue weighted by atomic mass is 10.0. The number of hydrogen-bond acceptors (Lipinski definition) is 6. The lowest BCUT2D eigenvalue weighted by molar-refractivity contribution is 0.0299.